The van der Waals surface area contributed by atoms with Gasteiger partial charge in [0.15, 0.2) is 0 Å². The molecule has 5 nitrogen and oxygen atoms in total. The monoisotopic (exact) mass is 404 g/mol. The van der Waals surface area contributed by atoms with Crippen molar-refractivity contribution in [1.29, 1.82) is 0 Å². The highest BCUT2D eigenvalue weighted by Crippen LogP contribution is 2.41. The van der Waals surface area contributed by atoms with E-state index in [1.165, 1.54) is 0 Å². The van der Waals surface area contributed by atoms with E-state index in [9.17, 15) is 9.59 Å². The molecule has 2 amide bonds. The normalized spacial score (nSPS) is 17.4. The SMILES string of the molecule is Cc1cc2c(o1)CC(C)(C)CC2NC(=O)CNC(=O)Cc1cccc2ccccc12. The van der Waals surface area contributed by atoms with Gasteiger partial charge < -0.3 is 15.1 Å². The maximum atomic E-state index is 12.6. The predicted octanol–water partition coefficient (Wildman–Crippen LogP) is 4.23. The van der Waals surface area contributed by atoms with Gasteiger partial charge in [-0.25, -0.2) is 0 Å². The minimum Gasteiger partial charge on any atom is -0.466 e. The van der Waals surface area contributed by atoms with Crippen molar-refractivity contribution in [2.24, 2.45) is 5.41 Å². The molecule has 1 atom stereocenters. The Morgan fingerprint density at radius 3 is 2.70 bits per heavy atom. The molecular weight excluding hydrogens is 376 g/mol. The van der Waals surface area contributed by atoms with Crippen molar-refractivity contribution in [2.45, 2.75) is 46.1 Å². The van der Waals surface area contributed by atoms with Crippen LogP contribution in [0.15, 0.2) is 52.9 Å². The molecule has 2 aromatic carbocycles. The lowest BCUT2D eigenvalue weighted by molar-refractivity contribution is -0.126. The van der Waals surface area contributed by atoms with Crippen LogP contribution in [0.4, 0.5) is 0 Å². The van der Waals surface area contributed by atoms with Crippen LogP contribution in [-0.4, -0.2) is 18.4 Å². The van der Waals surface area contributed by atoms with Crippen molar-refractivity contribution < 1.29 is 14.0 Å². The van der Waals surface area contributed by atoms with Crippen molar-refractivity contribution in [3.63, 3.8) is 0 Å². The number of carbonyl (C=O) groups is 2. The predicted molar refractivity (Wildman–Crippen MR) is 117 cm³/mol. The van der Waals surface area contributed by atoms with Crippen LogP contribution >= 0.6 is 0 Å². The number of carbonyl (C=O) groups excluding carboxylic acids is 2. The van der Waals surface area contributed by atoms with E-state index in [4.69, 9.17) is 4.42 Å². The first-order valence-corrected chi connectivity index (χ1v) is 10.4. The van der Waals surface area contributed by atoms with Gasteiger partial charge in [-0.3, -0.25) is 9.59 Å². The summed E-state index contributed by atoms with van der Waals surface area (Å²) in [5, 5.41) is 8.01. The molecule has 0 aliphatic heterocycles. The summed E-state index contributed by atoms with van der Waals surface area (Å²) in [7, 11) is 0. The molecule has 1 aliphatic carbocycles. The second-order valence-corrected chi connectivity index (χ2v) is 8.99. The van der Waals surface area contributed by atoms with Crippen LogP contribution in [0.25, 0.3) is 10.8 Å². The van der Waals surface area contributed by atoms with E-state index in [2.05, 4.69) is 24.5 Å². The molecule has 0 saturated heterocycles. The lowest BCUT2D eigenvalue weighted by atomic mass is 9.74. The Kier molecular flexibility index (Phi) is 5.37. The average molecular weight is 405 g/mol. The number of fused-ring (bicyclic) bond motifs is 2. The van der Waals surface area contributed by atoms with Crippen LogP contribution in [0.3, 0.4) is 0 Å². The van der Waals surface area contributed by atoms with Gasteiger partial charge in [-0.15, -0.1) is 0 Å². The summed E-state index contributed by atoms with van der Waals surface area (Å²) in [6, 6.07) is 15.8. The third-order valence-electron chi connectivity index (χ3n) is 5.75. The summed E-state index contributed by atoms with van der Waals surface area (Å²) < 4.78 is 5.83. The number of nitrogens with one attached hydrogen (secondary N) is 2. The van der Waals surface area contributed by atoms with E-state index in [-0.39, 0.29) is 36.2 Å². The van der Waals surface area contributed by atoms with E-state index in [1.807, 2.05) is 55.5 Å². The third-order valence-corrected chi connectivity index (χ3v) is 5.75. The largest absolute Gasteiger partial charge is 0.466 e. The van der Waals surface area contributed by atoms with E-state index < -0.39 is 0 Å². The van der Waals surface area contributed by atoms with Crippen LogP contribution in [0.5, 0.6) is 0 Å². The average Bonchev–Trinajstić information content (AvgIpc) is 3.06. The molecule has 5 heteroatoms. The van der Waals surface area contributed by atoms with E-state index in [1.54, 1.807) is 0 Å². The number of rotatable bonds is 5. The highest BCUT2D eigenvalue weighted by Gasteiger charge is 2.35. The second-order valence-electron chi connectivity index (χ2n) is 8.99. The summed E-state index contributed by atoms with van der Waals surface area (Å²) in [6.45, 7) is 6.25. The molecule has 30 heavy (non-hydrogen) atoms. The van der Waals surface area contributed by atoms with Crippen LogP contribution < -0.4 is 10.6 Å². The zero-order chi connectivity index (χ0) is 21.3. The molecule has 3 aromatic rings. The van der Waals surface area contributed by atoms with Crippen LogP contribution in [0.1, 0.15) is 49.0 Å². The summed E-state index contributed by atoms with van der Waals surface area (Å²) >= 11 is 0. The summed E-state index contributed by atoms with van der Waals surface area (Å²) in [5.41, 5.74) is 2.06. The molecule has 1 aromatic heterocycles. The maximum absolute atomic E-state index is 12.6. The minimum absolute atomic E-state index is 0.0350. The van der Waals surface area contributed by atoms with E-state index in [0.29, 0.717) is 0 Å². The first-order chi connectivity index (χ1) is 14.3. The van der Waals surface area contributed by atoms with Gasteiger partial charge in [0.1, 0.15) is 11.5 Å². The first-order valence-electron chi connectivity index (χ1n) is 10.4. The standard InChI is InChI=1S/C25H28N2O3/c1-16-11-20-21(13-25(2,3)14-22(20)30-16)27-24(29)15-26-23(28)12-18-9-6-8-17-7-4-5-10-19(17)18/h4-11,21H,12-15H2,1-3H3,(H,26,28)(H,27,29). The number of benzene rings is 2. The van der Waals surface area contributed by atoms with Crippen molar-refractivity contribution in [1.82, 2.24) is 10.6 Å². The molecule has 0 saturated carbocycles. The summed E-state index contributed by atoms with van der Waals surface area (Å²) in [6.07, 6.45) is 1.95. The molecule has 0 spiro atoms. The minimum atomic E-state index is -0.186. The van der Waals surface area contributed by atoms with Gasteiger partial charge in [0.05, 0.1) is 19.0 Å². The Morgan fingerprint density at radius 1 is 1.10 bits per heavy atom. The van der Waals surface area contributed by atoms with Crippen LogP contribution in [0, 0.1) is 12.3 Å². The second kappa shape index (κ2) is 7.98. The number of amides is 2. The Labute approximate surface area is 176 Å². The molecule has 4 rings (SSSR count). The fourth-order valence-electron chi connectivity index (χ4n) is 4.42. The third kappa shape index (κ3) is 4.40. The molecular formula is C25H28N2O3. The van der Waals surface area contributed by atoms with Gasteiger partial charge in [-0.05, 0) is 41.2 Å². The zero-order valence-electron chi connectivity index (χ0n) is 17.7. The first kappa shape index (κ1) is 20.2. The van der Waals surface area contributed by atoms with Crippen LogP contribution in [-0.2, 0) is 22.4 Å². The number of furan rings is 1. The summed E-state index contributed by atoms with van der Waals surface area (Å²) in [4.78, 5) is 25.0. The van der Waals surface area contributed by atoms with Gasteiger partial charge >= 0.3 is 0 Å². The fourth-order valence-corrected chi connectivity index (χ4v) is 4.42. The quantitative estimate of drug-likeness (QED) is 0.668. The Bertz CT molecular complexity index is 1090. The Morgan fingerprint density at radius 2 is 1.87 bits per heavy atom. The molecule has 156 valence electrons. The van der Waals surface area contributed by atoms with Gasteiger partial charge in [-0.1, -0.05) is 56.3 Å². The fraction of sp³-hybridized carbons (Fsp3) is 0.360. The van der Waals surface area contributed by atoms with Crippen molar-refractivity contribution in [3.8, 4) is 0 Å². The molecule has 0 bridgehead atoms. The zero-order valence-corrected chi connectivity index (χ0v) is 17.7. The summed E-state index contributed by atoms with van der Waals surface area (Å²) in [5.74, 6) is 1.47. The van der Waals surface area contributed by atoms with Crippen molar-refractivity contribution in [2.75, 3.05) is 6.54 Å². The van der Waals surface area contributed by atoms with Gasteiger partial charge in [0.25, 0.3) is 0 Å². The highest BCUT2D eigenvalue weighted by molar-refractivity contribution is 5.91. The Hall–Kier alpha value is -3.08. The van der Waals surface area contributed by atoms with E-state index >= 15 is 0 Å². The molecule has 2 N–H and O–H groups in total. The Balaban J connectivity index is 1.36. The topological polar surface area (TPSA) is 71.3 Å². The molecule has 1 unspecified atom stereocenters. The molecule has 0 fully saturated rings. The molecule has 1 heterocycles. The molecule has 1 aliphatic rings. The highest BCUT2D eigenvalue weighted by atomic mass is 16.3. The molecule has 0 radical (unpaired) electrons. The lowest BCUT2D eigenvalue weighted by Crippen LogP contribution is -2.41. The van der Waals surface area contributed by atoms with Gasteiger partial charge in [0, 0.05) is 12.0 Å². The maximum Gasteiger partial charge on any atom is 0.239 e. The number of aryl methyl sites for hydroxylation is 1. The van der Waals surface area contributed by atoms with Crippen LogP contribution in [0.2, 0.25) is 0 Å². The number of hydrogen-bond acceptors (Lipinski definition) is 3. The van der Waals surface area contributed by atoms with Crippen molar-refractivity contribution >= 4 is 22.6 Å². The lowest BCUT2D eigenvalue weighted by Gasteiger charge is -2.34. The van der Waals surface area contributed by atoms with Crippen molar-refractivity contribution in [3.05, 3.63) is 71.2 Å². The number of hydrogen-bond donors (Lipinski definition) is 2. The van der Waals surface area contributed by atoms with Gasteiger partial charge in [0.2, 0.25) is 11.8 Å². The smallest absolute Gasteiger partial charge is 0.239 e. The van der Waals surface area contributed by atoms with E-state index in [0.717, 1.165) is 46.3 Å². The van der Waals surface area contributed by atoms with Gasteiger partial charge in [-0.2, -0.15) is 0 Å².